The van der Waals surface area contributed by atoms with E-state index in [4.69, 9.17) is 0 Å². The van der Waals surface area contributed by atoms with Crippen molar-refractivity contribution in [1.82, 2.24) is 0 Å². The van der Waals surface area contributed by atoms with E-state index in [-0.39, 0.29) is 10.8 Å². The van der Waals surface area contributed by atoms with Gasteiger partial charge in [-0.3, -0.25) is 4.79 Å². The zero-order valence-electron chi connectivity index (χ0n) is 11.8. The third-order valence-corrected chi connectivity index (χ3v) is 3.24. The van der Waals surface area contributed by atoms with Crippen LogP contribution in [-0.4, -0.2) is 17.0 Å². The summed E-state index contributed by atoms with van der Waals surface area (Å²) in [6.07, 6.45) is 4.89. The minimum atomic E-state index is -1.33. The van der Waals surface area contributed by atoms with Crippen molar-refractivity contribution in [2.75, 3.05) is 0 Å². The van der Waals surface area contributed by atoms with Crippen molar-refractivity contribution in [1.29, 1.82) is 0 Å². The molecule has 0 aromatic heterocycles. The molecule has 0 spiro atoms. The van der Waals surface area contributed by atoms with Crippen molar-refractivity contribution in [3.63, 3.8) is 0 Å². The van der Waals surface area contributed by atoms with Gasteiger partial charge in [0.1, 0.15) is 5.60 Å². The number of carbonyl (C=O) groups excluding carboxylic acids is 1. The van der Waals surface area contributed by atoms with Gasteiger partial charge >= 0.3 is 0 Å². The Hall–Kier alpha value is -0.890. The van der Waals surface area contributed by atoms with Gasteiger partial charge in [0.25, 0.3) is 0 Å². The molecule has 0 fully saturated rings. The predicted octanol–water partition coefficient (Wildman–Crippen LogP) is 3.27. The second-order valence-electron chi connectivity index (χ2n) is 7.06. The van der Waals surface area contributed by atoms with Crippen LogP contribution in [0.1, 0.15) is 48.0 Å². The van der Waals surface area contributed by atoms with Gasteiger partial charge in [-0.25, -0.2) is 0 Å². The lowest BCUT2D eigenvalue weighted by Gasteiger charge is -2.35. The van der Waals surface area contributed by atoms with Crippen LogP contribution in [0, 0.1) is 10.8 Å². The number of hydrogen-bond donors (Lipinski definition) is 1. The van der Waals surface area contributed by atoms with Gasteiger partial charge in [0.05, 0.1) is 0 Å². The fourth-order valence-electron chi connectivity index (χ4n) is 1.90. The van der Waals surface area contributed by atoms with Gasteiger partial charge in [0.2, 0.25) is 0 Å². The molecule has 1 atom stereocenters. The summed E-state index contributed by atoms with van der Waals surface area (Å²) in [6.45, 7) is 12.6. The first-order chi connectivity index (χ1) is 7.48. The van der Waals surface area contributed by atoms with E-state index in [0.29, 0.717) is 12.7 Å². The summed E-state index contributed by atoms with van der Waals surface area (Å²) in [6, 6.07) is 0. The molecule has 96 valence electrons. The molecule has 2 nitrogen and oxygen atoms in total. The molecule has 0 amide bonds. The van der Waals surface area contributed by atoms with Crippen LogP contribution in [0.3, 0.4) is 0 Å². The summed E-state index contributed by atoms with van der Waals surface area (Å²) in [4.78, 5) is 11.1. The number of aliphatic hydroxyl groups is 1. The van der Waals surface area contributed by atoms with Crippen LogP contribution >= 0.6 is 0 Å². The Kier molecular flexibility index (Phi) is 3.41. The van der Waals surface area contributed by atoms with Crippen LogP contribution < -0.4 is 0 Å². The highest BCUT2D eigenvalue weighted by molar-refractivity contribution is 5.69. The van der Waals surface area contributed by atoms with E-state index >= 15 is 0 Å². The van der Waals surface area contributed by atoms with E-state index in [0.717, 1.165) is 11.1 Å². The molecule has 0 radical (unpaired) electrons. The quantitative estimate of drug-likeness (QED) is 0.709. The Morgan fingerprint density at radius 3 is 2.06 bits per heavy atom. The molecule has 0 saturated heterocycles. The monoisotopic (exact) mass is 236 g/mol. The molecule has 0 saturated carbocycles. The summed E-state index contributed by atoms with van der Waals surface area (Å²) in [5.41, 5.74) is 0.734. The molecule has 0 aliphatic heterocycles. The summed E-state index contributed by atoms with van der Waals surface area (Å²) in [5, 5.41) is 10.3. The zero-order valence-corrected chi connectivity index (χ0v) is 11.8. The molecule has 0 heterocycles. The topological polar surface area (TPSA) is 37.3 Å². The molecule has 1 unspecified atom stereocenters. The lowest BCUT2D eigenvalue weighted by atomic mass is 9.71. The maximum Gasteiger partial charge on any atom is 0.155 e. The average molecular weight is 236 g/mol. The summed E-state index contributed by atoms with van der Waals surface area (Å²) in [7, 11) is 0. The molecular weight excluding hydrogens is 212 g/mol. The van der Waals surface area contributed by atoms with Crippen molar-refractivity contribution in [2.24, 2.45) is 10.8 Å². The predicted molar refractivity (Wildman–Crippen MR) is 70.7 cm³/mol. The normalized spacial score (nSPS) is 26.3. The van der Waals surface area contributed by atoms with Crippen LogP contribution in [0.5, 0.6) is 0 Å². The second kappa shape index (κ2) is 4.09. The molecule has 1 aliphatic carbocycles. The number of rotatable bonds is 1. The Morgan fingerprint density at radius 2 is 1.71 bits per heavy atom. The number of allylic oxidation sites excluding steroid dienone is 2. The van der Waals surface area contributed by atoms with Gasteiger partial charge in [-0.2, -0.15) is 0 Å². The smallest absolute Gasteiger partial charge is 0.155 e. The maximum atomic E-state index is 11.1. The fraction of sp³-hybridized carbons (Fsp3) is 0.667. The maximum absolute atomic E-state index is 11.1. The molecule has 1 aliphatic rings. The average Bonchev–Trinajstić information content (AvgIpc) is 2.14. The third kappa shape index (κ3) is 3.29. The lowest BCUT2D eigenvalue weighted by Crippen LogP contribution is -2.35. The van der Waals surface area contributed by atoms with Crippen LogP contribution in [0.15, 0.2) is 23.3 Å². The van der Waals surface area contributed by atoms with Crippen molar-refractivity contribution in [3.05, 3.63) is 23.3 Å². The first-order valence-electron chi connectivity index (χ1n) is 6.11. The highest BCUT2D eigenvalue weighted by atomic mass is 16.3. The van der Waals surface area contributed by atoms with Crippen molar-refractivity contribution < 1.29 is 9.90 Å². The summed E-state index contributed by atoms with van der Waals surface area (Å²) in [5.74, 6) is 0. The van der Waals surface area contributed by atoms with Gasteiger partial charge < -0.3 is 5.11 Å². The van der Waals surface area contributed by atoms with E-state index in [1.807, 2.05) is 0 Å². The number of carbonyl (C=O) groups is 1. The van der Waals surface area contributed by atoms with Gasteiger partial charge in [-0.05, 0) is 22.5 Å². The molecular formula is C15H24O2. The number of aldehydes is 1. The van der Waals surface area contributed by atoms with Gasteiger partial charge in [0.15, 0.2) is 6.29 Å². The largest absolute Gasteiger partial charge is 0.378 e. The minimum Gasteiger partial charge on any atom is -0.378 e. The van der Waals surface area contributed by atoms with Crippen LogP contribution in [0.25, 0.3) is 0 Å². The first kappa shape index (κ1) is 14.2. The fourth-order valence-corrected chi connectivity index (χ4v) is 1.90. The van der Waals surface area contributed by atoms with E-state index in [1.54, 1.807) is 6.08 Å². The third-order valence-electron chi connectivity index (χ3n) is 3.24. The van der Waals surface area contributed by atoms with Crippen LogP contribution in [0.4, 0.5) is 0 Å². The minimum absolute atomic E-state index is 0.0260. The van der Waals surface area contributed by atoms with Gasteiger partial charge in [-0.1, -0.05) is 53.2 Å². The molecule has 0 bridgehead atoms. The molecule has 1 N–H and O–H groups in total. The van der Waals surface area contributed by atoms with Gasteiger partial charge in [0, 0.05) is 6.42 Å². The SMILES string of the molecule is CC(C)(C)C1=CC(O)(C=O)CC(C(C)(C)C)=C1. The van der Waals surface area contributed by atoms with Crippen LogP contribution in [-0.2, 0) is 4.79 Å². The number of hydrogen-bond acceptors (Lipinski definition) is 2. The second-order valence-corrected chi connectivity index (χ2v) is 7.06. The highest BCUT2D eigenvalue weighted by Gasteiger charge is 2.35. The van der Waals surface area contributed by atoms with E-state index < -0.39 is 5.60 Å². The highest BCUT2D eigenvalue weighted by Crippen LogP contribution is 2.41. The molecule has 2 heteroatoms. The van der Waals surface area contributed by atoms with Crippen molar-refractivity contribution >= 4 is 6.29 Å². The van der Waals surface area contributed by atoms with Crippen molar-refractivity contribution in [2.45, 2.75) is 53.6 Å². The Labute approximate surface area is 104 Å². The van der Waals surface area contributed by atoms with E-state index in [1.165, 1.54) is 0 Å². The van der Waals surface area contributed by atoms with E-state index in [9.17, 15) is 9.90 Å². The van der Waals surface area contributed by atoms with Gasteiger partial charge in [-0.15, -0.1) is 0 Å². The standard InChI is InChI=1S/C15H24O2/c1-13(2,3)11-7-12(14(4,5)6)9-15(17,8-11)10-16/h7-8,10,17H,9H2,1-6H3. The van der Waals surface area contributed by atoms with Crippen LogP contribution in [0.2, 0.25) is 0 Å². The van der Waals surface area contributed by atoms with Crippen molar-refractivity contribution in [3.8, 4) is 0 Å². The zero-order chi connectivity index (χ0) is 13.5. The molecule has 0 aromatic carbocycles. The Bertz CT molecular complexity index is 375. The summed E-state index contributed by atoms with van der Waals surface area (Å²) >= 11 is 0. The lowest BCUT2D eigenvalue weighted by molar-refractivity contribution is -0.120. The summed E-state index contributed by atoms with van der Waals surface area (Å²) < 4.78 is 0. The Balaban J connectivity index is 3.27. The first-order valence-corrected chi connectivity index (χ1v) is 6.11. The van der Waals surface area contributed by atoms with E-state index in [2.05, 4.69) is 47.6 Å². The Morgan fingerprint density at radius 1 is 1.18 bits per heavy atom. The molecule has 0 aromatic rings. The molecule has 17 heavy (non-hydrogen) atoms. The molecule has 1 rings (SSSR count).